The van der Waals surface area contributed by atoms with Crippen LogP contribution < -0.4 is 5.73 Å². The third-order valence-corrected chi connectivity index (χ3v) is 3.40. The van der Waals surface area contributed by atoms with E-state index in [1.807, 2.05) is 0 Å². The molecule has 1 aliphatic heterocycles. The summed E-state index contributed by atoms with van der Waals surface area (Å²) < 4.78 is 7.19. The van der Waals surface area contributed by atoms with Gasteiger partial charge in [-0.2, -0.15) is 0 Å². The largest absolute Gasteiger partial charge is 0.394 e. The molecule has 0 spiro atoms. The van der Waals surface area contributed by atoms with Crippen molar-refractivity contribution in [2.45, 2.75) is 18.4 Å². The zero-order valence-corrected chi connectivity index (χ0v) is 10.4. The second-order valence-electron chi connectivity index (χ2n) is 4.51. The first kappa shape index (κ1) is 12.8. The molecule has 0 aromatic carbocycles. The molecule has 8 heteroatoms. The lowest BCUT2D eigenvalue weighted by atomic mass is 10.0. The molecular weight excluding hydrogens is 262 g/mol. The Morgan fingerprint density at radius 2 is 2.25 bits per heavy atom. The number of nitrogens with zero attached hydrogens (tertiary/aromatic N) is 4. The van der Waals surface area contributed by atoms with Crippen molar-refractivity contribution in [3.8, 4) is 12.3 Å². The van der Waals surface area contributed by atoms with Crippen LogP contribution in [0, 0.1) is 18.3 Å². The third kappa shape index (κ3) is 1.72. The van der Waals surface area contributed by atoms with Crippen LogP contribution in [0.5, 0.6) is 0 Å². The van der Waals surface area contributed by atoms with Crippen molar-refractivity contribution in [1.29, 1.82) is 0 Å². The van der Waals surface area contributed by atoms with Crippen molar-refractivity contribution in [2.75, 3.05) is 12.3 Å². The van der Waals surface area contributed by atoms with Crippen LogP contribution in [0.25, 0.3) is 11.2 Å². The third-order valence-electron chi connectivity index (χ3n) is 3.40. The van der Waals surface area contributed by atoms with Gasteiger partial charge in [-0.25, -0.2) is 15.0 Å². The van der Waals surface area contributed by atoms with Crippen molar-refractivity contribution in [2.24, 2.45) is 5.92 Å². The minimum absolute atomic E-state index is 0.253. The van der Waals surface area contributed by atoms with Gasteiger partial charge in [0.25, 0.3) is 0 Å². The van der Waals surface area contributed by atoms with Gasteiger partial charge in [0.1, 0.15) is 24.1 Å². The number of aliphatic hydroxyl groups is 2. The van der Waals surface area contributed by atoms with Crippen LogP contribution in [0.1, 0.15) is 6.23 Å². The van der Waals surface area contributed by atoms with Gasteiger partial charge in [0.05, 0.1) is 18.9 Å². The minimum atomic E-state index is -0.952. The highest BCUT2D eigenvalue weighted by atomic mass is 16.5. The van der Waals surface area contributed by atoms with Gasteiger partial charge in [0, 0.05) is 0 Å². The second-order valence-corrected chi connectivity index (χ2v) is 4.51. The molecule has 0 amide bonds. The molecule has 0 bridgehead atoms. The van der Waals surface area contributed by atoms with Crippen LogP contribution in [0.15, 0.2) is 12.7 Å². The number of nitrogen functional groups attached to an aromatic ring is 1. The number of rotatable bonds is 2. The molecule has 3 rings (SSSR count). The summed E-state index contributed by atoms with van der Waals surface area (Å²) in [5.41, 5.74) is 6.62. The van der Waals surface area contributed by atoms with Gasteiger partial charge in [-0.05, 0) is 0 Å². The molecular formula is C12H13N5O3. The average molecular weight is 275 g/mol. The maximum absolute atomic E-state index is 10.0. The monoisotopic (exact) mass is 275 g/mol. The number of aliphatic hydroxyl groups excluding tert-OH is 2. The van der Waals surface area contributed by atoms with Gasteiger partial charge < -0.3 is 20.7 Å². The molecule has 3 heterocycles. The van der Waals surface area contributed by atoms with Crippen LogP contribution in [0.2, 0.25) is 0 Å². The molecule has 2 aromatic rings. The molecule has 4 atom stereocenters. The summed E-state index contributed by atoms with van der Waals surface area (Å²) in [7, 11) is 0. The smallest absolute Gasteiger partial charge is 0.167 e. The molecule has 104 valence electrons. The quantitative estimate of drug-likeness (QED) is 0.596. The van der Waals surface area contributed by atoms with E-state index in [-0.39, 0.29) is 12.4 Å². The van der Waals surface area contributed by atoms with Crippen LogP contribution in [-0.2, 0) is 4.74 Å². The van der Waals surface area contributed by atoms with Crippen molar-refractivity contribution < 1.29 is 14.9 Å². The fourth-order valence-electron chi connectivity index (χ4n) is 2.37. The van der Waals surface area contributed by atoms with Gasteiger partial charge in [-0.3, -0.25) is 4.57 Å². The maximum atomic E-state index is 10.0. The van der Waals surface area contributed by atoms with Gasteiger partial charge in [0.2, 0.25) is 0 Å². The highest BCUT2D eigenvalue weighted by molar-refractivity contribution is 5.81. The number of anilines is 1. The Hall–Kier alpha value is -2.21. The number of fused-ring (bicyclic) bond motifs is 1. The van der Waals surface area contributed by atoms with E-state index in [0.717, 1.165) is 0 Å². The molecule has 4 N–H and O–H groups in total. The molecule has 1 aliphatic rings. The van der Waals surface area contributed by atoms with E-state index in [1.54, 1.807) is 4.57 Å². The summed E-state index contributed by atoms with van der Waals surface area (Å²) >= 11 is 0. The summed E-state index contributed by atoms with van der Waals surface area (Å²) in [4.78, 5) is 12.1. The standard InChI is InChI=1S/C12H13N5O3/c1-2-6-9(19)7(3-18)20-12(6)17-5-16-8-10(13)14-4-15-11(8)17/h1,4-7,9,12,18-19H,3H2,(H2,13,14,15)/t6?,7-,9?,12-/m1/s1. The van der Waals surface area contributed by atoms with Crippen LogP contribution in [0.4, 0.5) is 5.82 Å². The lowest BCUT2D eigenvalue weighted by Crippen LogP contribution is -2.28. The van der Waals surface area contributed by atoms with E-state index in [4.69, 9.17) is 16.9 Å². The number of aromatic nitrogens is 4. The van der Waals surface area contributed by atoms with Crippen molar-refractivity contribution >= 4 is 17.0 Å². The van der Waals surface area contributed by atoms with E-state index in [1.165, 1.54) is 12.7 Å². The molecule has 2 aromatic heterocycles. The average Bonchev–Trinajstić information content (AvgIpc) is 3.00. The number of imidazole rings is 1. The summed E-state index contributed by atoms with van der Waals surface area (Å²) in [6.45, 7) is -0.320. The van der Waals surface area contributed by atoms with Crippen LogP contribution in [0.3, 0.4) is 0 Å². The first-order valence-electron chi connectivity index (χ1n) is 6.01. The normalized spacial score (nSPS) is 29.6. The maximum Gasteiger partial charge on any atom is 0.167 e. The zero-order valence-electron chi connectivity index (χ0n) is 10.4. The lowest BCUT2D eigenvalue weighted by molar-refractivity contribution is -0.0441. The number of hydrogen-bond donors (Lipinski definition) is 3. The summed E-state index contributed by atoms with van der Waals surface area (Å²) in [5, 5.41) is 19.2. The Balaban J connectivity index is 2.07. The Morgan fingerprint density at radius 1 is 1.45 bits per heavy atom. The number of nitrogens with two attached hydrogens (primary N) is 1. The summed E-state index contributed by atoms with van der Waals surface area (Å²) in [6, 6.07) is 0. The Bertz CT molecular complexity index is 679. The summed E-state index contributed by atoms with van der Waals surface area (Å²) in [6.07, 6.45) is 5.90. The predicted molar refractivity (Wildman–Crippen MR) is 69.1 cm³/mol. The summed E-state index contributed by atoms with van der Waals surface area (Å²) in [5.74, 6) is 2.13. The number of ether oxygens (including phenoxy) is 1. The molecule has 1 fully saturated rings. The van der Waals surface area contributed by atoms with Crippen molar-refractivity contribution in [3.63, 3.8) is 0 Å². The van der Waals surface area contributed by atoms with E-state index in [9.17, 15) is 10.2 Å². The number of hydrogen-bond acceptors (Lipinski definition) is 7. The van der Waals surface area contributed by atoms with Crippen molar-refractivity contribution in [1.82, 2.24) is 19.5 Å². The molecule has 0 radical (unpaired) electrons. The molecule has 0 aliphatic carbocycles. The topological polar surface area (TPSA) is 119 Å². The molecule has 1 saturated heterocycles. The lowest BCUT2D eigenvalue weighted by Gasteiger charge is -2.16. The van der Waals surface area contributed by atoms with E-state index in [2.05, 4.69) is 20.9 Å². The SMILES string of the molecule is C#CC1C(O)[C@@H](CO)O[C@H]1n1cnc2c(N)ncnc21. The highest BCUT2D eigenvalue weighted by Gasteiger charge is 2.44. The Kier molecular flexibility index (Phi) is 3.02. The molecule has 20 heavy (non-hydrogen) atoms. The zero-order chi connectivity index (χ0) is 14.3. The van der Waals surface area contributed by atoms with Gasteiger partial charge in [-0.1, -0.05) is 5.92 Å². The van der Waals surface area contributed by atoms with E-state index >= 15 is 0 Å². The Labute approximate surface area is 114 Å². The Morgan fingerprint density at radius 3 is 2.95 bits per heavy atom. The van der Waals surface area contributed by atoms with E-state index < -0.39 is 24.4 Å². The number of terminal acetylenes is 1. The first-order valence-corrected chi connectivity index (χ1v) is 6.01. The minimum Gasteiger partial charge on any atom is -0.394 e. The van der Waals surface area contributed by atoms with Crippen LogP contribution >= 0.6 is 0 Å². The van der Waals surface area contributed by atoms with Gasteiger partial charge in [-0.15, -0.1) is 6.42 Å². The van der Waals surface area contributed by atoms with Crippen molar-refractivity contribution in [3.05, 3.63) is 12.7 Å². The molecule has 8 nitrogen and oxygen atoms in total. The first-order chi connectivity index (χ1) is 9.67. The second kappa shape index (κ2) is 4.72. The predicted octanol–water partition coefficient (Wildman–Crippen LogP) is -1.09. The van der Waals surface area contributed by atoms with Gasteiger partial charge in [0.15, 0.2) is 17.7 Å². The molecule has 0 saturated carbocycles. The fourth-order valence-corrected chi connectivity index (χ4v) is 2.37. The highest BCUT2D eigenvalue weighted by Crippen LogP contribution is 2.35. The van der Waals surface area contributed by atoms with E-state index in [0.29, 0.717) is 11.2 Å². The fraction of sp³-hybridized carbons (Fsp3) is 0.417. The van der Waals surface area contributed by atoms with Gasteiger partial charge >= 0.3 is 0 Å². The van der Waals surface area contributed by atoms with Crippen LogP contribution in [-0.4, -0.2) is 48.5 Å². The molecule has 2 unspecified atom stereocenters.